The Hall–Kier alpha value is -0.763. The molecule has 0 aliphatic rings. The first-order valence-electron chi connectivity index (χ1n) is 9.47. The number of hydrogen-bond acceptors (Lipinski definition) is 4. The van der Waals surface area contributed by atoms with Crippen LogP contribution in [0.4, 0.5) is 0 Å². The fraction of sp³-hybridized carbons (Fsp3) is 0.750. The smallest absolute Gasteiger partial charge is 0.328 e. The normalized spacial score (nSPS) is 16.0. The molecule has 0 rings (SSSR count). The minimum atomic E-state index is -1.88. The van der Waals surface area contributed by atoms with Gasteiger partial charge in [-0.3, -0.25) is 0 Å². The van der Waals surface area contributed by atoms with Crippen molar-refractivity contribution in [3.8, 4) is 0 Å². The van der Waals surface area contributed by atoms with E-state index in [9.17, 15) is 9.00 Å². The van der Waals surface area contributed by atoms with Gasteiger partial charge in [0.05, 0.1) is 22.3 Å². The zero-order valence-electron chi connectivity index (χ0n) is 18.6. The van der Waals surface area contributed by atoms with Gasteiger partial charge in [0, 0.05) is 6.61 Å². The first-order chi connectivity index (χ1) is 12.2. The van der Waals surface area contributed by atoms with E-state index in [2.05, 4.69) is 45.2 Å². The number of nitrogens with one attached hydrogen (secondary N) is 1. The third-order valence-corrected chi connectivity index (χ3v) is 10.8. The average Bonchev–Trinajstić information content (AvgIpc) is 2.49. The van der Waals surface area contributed by atoms with E-state index in [1.807, 2.05) is 20.8 Å². The summed E-state index contributed by atoms with van der Waals surface area (Å²) in [6, 6.07) is -0.786. The number of carbonyl (C=O) groups is 1. The third-order valence-electron chi connectivity index (χ3n) is 4.67. The van der Waals surface area contributed by atoms with E-state index in [1.54, 1.807) is 19.1 Å². The lowest BCUT2D eigenvalue weighted by Crippen LogP contribution is -2.46. The maximum atomic E-state index is 12.6. The average molecular weight is 418 g/mol. The predicted octanol–water partition coefficient (Wildman–Crippen LogP) is 4.49. The summed E-state index contributed by atoms with van der Waals surface area (Å²) in [6.45, 7) is 22.8. The van der Waals surface area contributed by atoms with Crippen molar-refractivity contribution in [1.82, 2.24) is 4.72 Å². The van der Waals surface area contributed by atoms with Gasteiger partial charge in [0.15, 0.2) is 8.32 Å². The monoisotopic (exact) mass is 417 g/mol. The third kappa shape index (κ3) is 8.85. The molecular formula is C20H39NO4SSi. The Labute approximate surface area is 169 Å². The van der Waals surface area contributed by atoms with Gasteiger partial charge in [-0.25, -0.2) is 13.7 Å². The van der Waals surface area contributed by atoms with E-state index < -0.39 is 36.1 Å². The van der Waals surface area contributed by atoms with Gasteiger partial charge in [0.2, 0.25) is 0 Å². The molecule has 0 aromatic heterocycles. The first kappa shape index (κ1) is 26.2. The molecule has 158 valence electrons. The Bertz CT molecular complexity index is 559. The highest BCUT2D eigenvalue weighted by Crippen LogP contribution is 2.36. The van der Waals surface area contributed by atoms with Gasteiger partial charge < -0.3 is 9.16 Å². The summed E-state index contributed by atoms with van der Waals surface area (Å²) in [4.78, 5) is 12.5. The van der Waals surface area contributed by atoms with E-state index >= 15 is 0 Å². The van der Waals surface area contributed by atoms with Crippen LogP contribution in [0.25, 0.3) is 0 Å². The molecule has 0 aromatic rings. The van der Waals surface area contributed by atoms with Crippen LogP contribution < -0.4 is 4.72 Å². The summed E-state index contributed by atoms with van der Waals surface area (Å²) in [5.74, 6) is -0.435. The number of hydrogen-bond donors (Lipinski definition) is 1. The molecule has 2 atom stereocenters. The van der Waals surface area contributed by atoms with E-state index in [1.165, 1.54) is 0 Å². The van der Waals surface area contributed by atoms with Gasteiger partial charge in [-0.2, -0.15) is 0 Å². The van der Waals surface area contributed by atoms with Gasteiger partial charge in [0.25, 0.3) is 0 Å². The maximum absolute atomic E-state index is 12.6. The van der Waals surface area contributed by atoms with Gasteiger partial charge in [-0.1, -0.05) is 39.5 Å². The minimum Gasteiger partial charge on any atom is -0.465 e. The van der Waals surface area contributed by atoms with Crippen LogP contribution in [0.5, 0.6) is 0 Å². The summed E-state index contributed by atoms with van der Waals surface area (Å²) in [5.41, 5.74) is 0.764. The molecule has 1 N–H and O–H groups in total. The molecule has 0 bridgehead atoms. The van der Waals surface area contributed by atoms with Crippen LogP contribution in [0.2, 0.25) is 18.1 Å². The van der Waals surface area contributed by atoms with Crippen LogP contribution in [0.3, 0.4) is 0 Å². The van der Waals surface area contributed by atoms with Crippen LogP contribution >= 0.6 is 0 Å². The Morgan fingerprint density at radius 2 is 1.78 bits per heavy atom. The van der Waals surface area contributed by atoms with Crippen LogP contribution in [0, 0.1) is 0 Å². The summed E-state index contributed by atoms with van der Waals surface area (Å²) < 4.78 is 26.5. The summed E-state index contributed by atoms with van der Waals surface area (Å²) >= 11 is 0. The van der Waals surface area contributed by atoms with Crippen molar-refractivity contribution >= 4 is 25.3 Å². The highest BCUT2D eigenvalue weighted by molar-refractivity contribution is 7.84. The number of carbonyl (C=O) groups excluding carboxylic acids is 1. The first-order valence-corrected chi connectivity index (χ1v) is 13.5. The van der Waals surface area contributed by atoms with E-state index in [0.29, 0.717) is 13.0 Å². The number of esters is 1. The van der Waals surface area contributed by atoms with Crippen molar-refractivity contribution in [1.29, 1.82) is 0 Å². The van der Waals surface area contributed by atoms with Crippen LogP contribution in [0.1, 0.15) is 54.9 Å². The van der Waals surface area contributed by atoms with Gasteiger partial charge in [-0.05, 0) is 57.8 Å². The molecule has 27 heavy (non-hydrogen) atoms. The molecule has 0 fully saturated rings. The van der Waals surface area contributed by atoms with Crippen molar-refractivity contribution in [3.05, 3.63) is 24.3 Å². The maximum Gasteiger partial charge on any atom is 0.328 e. The van der Waals surface area contributed by atoms with E-state index in [0.717, 1.165) is 5.57 Å². The van der Waals surface area contributed by atoms with Gasteiger partial charge >= 0.3 is 5.97 Å². The lowest BCUT2D eigenvalue weighted by molar-refractivity contribution is -0.144. The number of rotatable bonds is 10. The van der Waals surface area contributed by atoms with Crippen molar-refractivity contribution < 1.29 is 18.2 Å². The summed E-state index contributed by atoms with van der Waals surface area (Å²) in [5, 5.41) is 0.113. The van der Waals surface area contributed by atoms with Crippen LogP contribution in [-0.4, -0.2) is 42.5 Å². The SMILES string of the molecule is C=C/C=C(\CCO[Si](C)(C)C(C)(C)C)[C@H](N[S@@](=O)C(C)(C)C)C(=O)OCC. The standard InChI is InChI=1S/C20H39NO4SSi/c1-11-13-16(14-15-25-27(9,10)20(6,7)8)17(18(22)24-12-2)21-26(23)19(3,4)5/h11,13,17,21H,1,12,14-15H2,2-10H3/b16-13+/t17-,26-/m0/s1. The highest BCUT2D eigenvalue weighted by Gasteiger charge is 2.37. The van der Waals surface area contributed by atoms with Crippen LogP contribution in [0.15, 0.2) is 24.3 Å². The Morgan fingerprint density at radius 3 is 2.19 bits per heavy atom. The van der Waals surface area contributed by atoms with Crippen molar-refractivity contribution in [2.45, 2.75) is 83.8 Å². The number of ether oxygens (including phenoxy) is 1. The molecule has 0 aromatic carbocycles. The predicted molar refractivity (Wildman–Crippen MR) is 117 cm³/mol. The molecule has 0 amide bonds. The number of allylic oxidation sites excluding steroid dienone is 2. The molecular weight excluding hydrogens is 378 g/mol. The van der Waals surface area contributed by atoms with E-state index in [4.69, 9.17) is 9.16 Å². The summed E-state index contributed by atoms with van der Waals surface area (Å²) in [7, 11) is -3.29. The Kier molecular flexibility index (Phi) is 10.4. The highest BCUT2D eigenvalue weighted by atomic mass is 32.2. The largest absolute Gasteiger partial charge is 0.465 e. The lowest BCUT2D eigenvalue weighted by Gasteiger charge is -2.36. The van der Waals surface area contributed by atoms with Gasteiger partial charge in [-0.15, -0.1) is 0 Å². The fourth-order valence-corrected chi connectivity index (χ4v) is 3.76. The van der Waals surface area contributed by atoms with E-state index in [-0.39, 0.29) is 11.6 Å². The van der Waals surface area contributed by atoms with Gasteiger partial charge in [0.1, 0.15) is 6.04 Å². The molecule has 7 heteroatoms. The van der Waals surface area contributed by atoms with Crippen LogP contribution in [-0.2, 0) is 24.9 Å². The minimum absolute atomic E-state index is 0.113. The Balaban J connectivity index is 5.41. The molecule has 0 spiro atoms. The molecule has 0 aliphatic heterocycles. The molecule has 0 aliphatic carbocycles. The van der Waals surface area contributed by atoms with Crippen molar-refractivity contribution in [2.75, 3.05) is 13.2 Å². The molecule has 0 unspecified atom stereocenters. The van der Waals surface area contributed by atoms with Crippen molar-refractivity contribution in [2.24, 2.45) is 0 Å². The zero-order valence-corrected chi connectivity index (χ0v) is 20.4. The quantitative estimate of drug-likeness (QED) is 0.323. The second-order valence-corrected chi connectivity index (χ2v) is 15.8. The molecule has 0 radical (unpaired) electrons. The zero-order chi connectivity index (χ0) is 21.5. The lowest BCUT2D eigenvalue weighted by atomic mass is 10.0. The second-order valence-electron chi connectivity index (χ2n) is 9.02. The second kappa shape index (κ2) is 10.7. The Morgan fingerprint density at radius 1 is 1.22 bits per heavy atom. The fourth-order valence-electron chi connectivity index (χ4n) is 1.90. The van der Waals surface area contributed by atoms with Crippen molar-refractivity contribution in [3.63, 3.8) is 0 Å². The molecule has 0 saturated carbocycles. The molecule has 5 nitrogen and oxygen atoms in total. The summed E-state index contributed by atoms with van der Waals surface area (Å²) in [6.07, 6.45) is 3.95. The molecule has 0 saturated heterocycles. The molecule has 0 heterocycles. The topological polar surface area (TPSA) is 64.6 Å².